The maximum atomic E-state index is 14.8. The van der Waals surface area contributed by atoms with E-state index in [0.29, 0.717) is 24.8 Å². The number of aromatic hydroxyl groups is 1. The van der Waals surface area contributed by atoms with Crippen LogP contribution in [0.25, 0.3) is 0 Å². The number of phenolic OH excluding ortho intramolecular Hbond substituents is 1. The fourth-order valence-electron chi connectivity index (χ4n) is 12.8. The Hall–Kier alpha value is -9.94. The van der Waals surface area contributed by atoms with Crippen molar-refractivity contribution in [2.45, 2.75) is 268 Å². The molecule has 1 aromatic carbocycles. The Morgan fingerprint density at radius 3 is 1.33 bits per heavy atom. The molecule has 642 valence electrons. The highest BCUT2D eigenvalue weighted by molar-refractivity contribution is 6.01. The second kappa shape index (κ2) is 49.0. The van der Waals surface area contributed by atoms with E-state index in [1.54, 1.807) is 27.7 Å². The van der Waals surface area contributed by atoms with Crippen LogP contribution in [0.3, 0.4) is 0 Å². The molecule has 0 radical (unpaired) electrons. The molecule has 41 heteroatoms. The number of aliphatic hydroxyl groups excluding tert-OH is 4. The van der Waals surface area contributed by atoms with Gasteiger partial charge in [-0.1, -0.05) is 53.7 Å². The predicted octanol–water partition coefficient (Wildman–Crippen LogP) is -7.27. The molecule has 3 rings (SSSR count). The van der Waals surface area contributed by atoms with E-state index in [2.05, 4.69) is 63.5 Å². The highest BCUT2D eigenvalue weighted by Gasteiger charge is 2.45. The van der Waals surface area contributed by atoms with E-state index in [0.717, 1.165) is 11.8 Å². The topological polar surface area (TPSA) is 685 Å². The van der Waals surface area contributed by atoms with Gasteiger partial charge in [0.25, 0.3) is 0 Å². The molecule has 0 bridgehead atoms. The van der Waals surface area contributed by atoms with Gasteiger partial charge in [-0.05, 0) is 159 Å². The van der Waals surface area contributed by atoms with Crippen molar-refractivity contribution in [2.24, 2.45) is 57.1 Å². The molecule has 2 heterocycles. The number of rotatable bonds is 50. The molecule has 0 aliphatic carbocycles. The molecule has 2 aliphatic rings. The van der Waals surface area contributed by atoms with Gasteiger partial charge in [-0.15, -0.1) is 0 Å². The minimum Gasteiger partial charge on any atom is -0.508 e. The van der Waals surface area contributed by atoms with Crippen molar-refractivity contribution in [3.05, 3.63) is 29.8 Å². The van der Waals surface area contributed by atoms with Crippen molar-refractivity contribution >= 4 is 94.6 Å². The summed E-state index contributed by atoms with van der Waals surface area (Å²) in [4.78, 5) is 214. The third-order valence-corrected chi connectivity index (χ3v) is 19.2. The maximum Gasteiger partial charge on any atom is 0.326 e. The van der Waals surface area contributed by atoms with Crippen LogP contribution in [0.2, 0.25) is 0 Å². The molecule has 114 heavy (non-hydrogen) atoms. The summed E-state index contributed by atoms with van der Waals surface area (Å²) in [6.07, 6.45) is -3.87. The van der Waals surface area contributed by atoms with E-state index in [1.165, 1.54) is 56.9 Å². The summed E-state index contributed by atoms with van der Waals surface area (Å²) in [5.41, 5.74) is 34.6. The lowest BCUT2D eigenvalue weighted by molar-refractivity contribution is -0.146. The number of benzene rings is 1. The summed E-state index contributed by atoms with van der Waals surface area (Å²) >= 11 is 0. The summed E-state index contributed by atoms with van der Waals surface area (Å²) in [5, 5.41) is 89.9. The zero-order valence-electron chi connectivity index (χ0n) is 66.5. The van der Waals surface area contributed by atoms with Crippen LogP contribution in [-0.2, 0) is 78.3 Å². The fraction of sp³-hybridized carbons (Fsp3) is 0.699. The summed E-state index contributed by atoms with van der Waals surface area (Å²) in [6, 6.07) is -15.4. The Kier molecular flexibility index (Phi) is 42.2. The molecule has 2 aliphatic heterocycles. The second-order valence-corrected chi connectivity index (χ2v) is 30.0. The number of nitrogens with two attached hydrogens (primary N) is 6. The van der Waals surface area contributed by atoms with Crippen molar-refractivity contribution in [3.63, 3.8) is 0 Å². The third kappa shape index (κ3) is 32.1. The van der Waals surface area contributed by atoms with Gasteiger partial charge >= 0.3 is 5.97 Å². The van der Waals surface area contributed by atoms with E-state index < -0.39 is 223 Å². The van der Waals surface area contributed by atoms with Gasteiger partial charge in [0.2, 0.25) is 82.7 Å². The number of hydrogen-bond acceptors (Lipinski definition) is 24. The Balaban J connectivity index is 1.84. The van der Waals surface area contributed by atoms with Gasteiger partial charge in [0.1, 0.15) is 84.3 Å². The number of amides is 14. The van der Waals surface area contributed by atoms with E-state index >= 15 is 0 Å². The molecule has 0 spiro atoms. The Morgan fingerprint density at radius 1 is 0.465 bits per heavy atom. The second-order valence-electron chi connectivity index (χ2n) is 30.0. The first-order valence-electron chi connectivity index (χ1n) is 38.7. The van der Waals surface area contributed by atoms with Crippen LogP contribution in [0.1, 0.15) is 164 Å². The maximum absolute atomic E-state index is 14.8. The van der Waals surface area contributed by atoms with Gasteiger partial charge in [-0.2, -0.15) is 0 Å². The number of nitrogens with zero attached hydrogens (tertiary/aromatic N) is 3. The number of guanidine groups is 1. The van der Waals surface area contributed by atoms with E-state index in [4.69, 9.17) is 34.4 Å². The number of hydrogen-bond donors (Lipinski definition) is 23. The number of aliphatic hydroxyl groups is 4. The standard InChI is InChI=1S/C73H124N20O21/c1-36(2)33-49(72(113)114)85-69(110)57(40(8)96)90-66(107)52-21-16-32-93(52)71(112)58(41(9)97)91-64(105)50(35-94)86-67(108)54(37(3)4)87-62(103)47(26-27-53(77)99)82-65(106)51-20-15-31-92(51)70(111)55(38(5)6)88-61(102)46(19-11-13-29-75)81-60(101)45(18-10-12-28-74)83-68(109)56(39(7)95)89-63(104)48(34-42-22-24-43(98)25-23-42)84-59(100)44(76)17-14-30-80-73(78)79/h22-25,36-41,44-52,54-58,94-98H,10-21,26-35,74-76H2,1-9H3,(H2,77,99)(H,81,101)(H,82,106)(H,83,109)(H,84,100)(H,85,110)(H,86,108)(H,87,103)(H,88,102)(H,89,104)(H,90,107)(H,91,105)(H,113,114)(H4,78,79,80)/t39-,40-,41-,44+,45+,46+,47+,48+,49+,50+,51+,52+,54+,55+,56+,57+,58+/m1/s1. The number of primary amides is 1. The van der Waals surface area contributed by atoms with Gasteiger partial charge < -0.3 is 133 Å². The molecular weight excluding hydrogens is 1490 g/mol. The lowest BCUT2D eigenvalue weighted by Gasteiger charge is -2.33. The summed E-state index contributed by atoms with van der Waals surface area (Å²) in [7, 11) is 0. The molecule has 1 aromatic rings. The molecule has 41 nitrogen and oxygen atoms in total. The zero-order chi connectivity index (χ0) is 86.0. The van der Waals surface area contributed by atoms with Crippen molar-refractivity contribution in [1.82, 2.24) is 68.3 Å². The lowest BCUT2D eigenvalue weighted by atomic mass is 10.00. The van der Waals surface area contributed by atoms with E-state index in [9.17, 15) is 103 Å². The van der Waals surface area contributed by atoms with Crippen LogP contribution in [0.4, 0.5) is 0 Å². The monoisotopic (exact) mass is 1620 g/mol. The number of carbonyl (C=O) groups excluding carboxylic acids is 14. The van der Waals surface area contributed by atoms with Crippen molar-refractivity contribution < 1.29 is 103 Å². The molecule has 2 fully saturated rings. The molecule has 2 saturated heterocycles. The van der Waals surface area contributed by atoms with Crippen LogP contribution in [0.15, 0.2) is 29.3 Å². The van der Waals surface area contributed by atoms with Crippen molar-refractivity contribution in [2.75, 3.05) is 39.3 Å². The minimum atomic E-state index is -1.87. The van der Waals surface area contributed by atoms with Crippen LogP contribution >= 0.6 is 0 Å². The third-order valence-electron chi connectivity index (χ3n) is 19.2. The molecule has 0 aromatic heterocycles. The molecule has 29 N–H and O–H groups in total. The molecule has 17 atom stereocenters. The zero-order valence-corrected chi connectivity index (χ0v) is 66.5. The number of likely N-dealkylation sites (tertiary alicyclic amines) is 2. The van der Waals surface area contributed by atoms with Crippen LogP contribution in [0.5, 0.6) is 5.75 Å². The minimum absolute atomic E-state index is 0.0186. The van der Waals surface area contributed by atoms with Gasteiger partial charge in [0, 0.05) is 32.5 Å². The predicted molar refractivity (Wildman–Crippen MR) is 414 cm³/mol. The van der Waals surface area contributed by atoms with Gasteiger partial charge in [-0.25, -0.2) is 4.79 Å². The SMILES string of the molecule is CC(C)C[C@H](NC(=O)[C@@H](NC(=O)[C@@H]1CCCN1C(=O)[C@@H](NC(=O)[C@H](CO)NC(=O)[C@@H](NC(=O)[C@H](CCC(N)=O)NC(=O)[C@@H]1CCCN1C(=O)[C@@H](NC(=O)[C@H](CCCCN)NC(=O)[C@H](CCCCN)NC(=O)[C@@H](NC(=O)[C@H](Cc1ccc(O)cc1)NC(=O)[C@@H](N)CCCN=C(N)N)[C@@H](C)O)C(C)C)C(C)C)[C@@H](C)O)[C@@H](C)O)C(=O)O. The molecule has 0 unspecified atom stereocenters. The van der Waals surface area contributed by atoms with Crippen LogP contribution in [-0.4, -0.2) is 277 Å². The summed E-state index contributed by atoms with van der Waals surface area (Å²) in [6.45, 7) is 12.5. The highest BCUT2D eigenvalue weighted by atomic mass is 16.4. The first-order chi connectivity index (χ1) is 53.6. The number of aliphatic carboxylic acids is 1. The normalized spacial score (nSPS) is 18.0. The molecular formula is C73H124N20O21. The number of nitrogens with one attached hydrogen (secondary N) is 11. The number of aliphatic imine (C=N–C) groups is 1. The fourth-order valence-corrected chi connectivity index (χ4v) is 12.8. The molecule has 14 amide bonds. The molecule has 0 saturated carbocycles. The van der Waals surface area contributed by atoms with Crippen molar-refractivity contribution in [3.8, 4) is 5.75 Å². The van der Waals surface area contributed by atoms with Crippen LogP contribution in [0, 0.1) is 17.8 Å². The first-order valence-corrected chi connectivity index (χ1v) is 38.7. The van der Waals surface area contributed by atoms with Gasteiger partial charge in [0.05, 0.1) is 31.0 Å². The number of carboxylic acid groups (broad SMARTS) is 1. The Morgan fingerprint density at radius 2 is 0.868 bits per heavy atom. The van der Waals surface area contributed by atoms with Gasteiger partial charge in [0.15, 0.2) is 5.96 Å². The summed E-state index contributed by atoms with van der Waals surface area (Å²) in [5.74, 6) is -16.6. The number of phenols is 1. The smallest absolute Gasteiger partial charge is 0.326 e. The van der Waals surface area contributed by atoms with E-state index in [-0.39, 0.29) is 121 Å². The van der Waals surface area contributed by atoms with Crippen LogP contribution < -0.4 is 92.9 Å². The quantitative estimate of drug-likeness (QED) is 0.0164. The summed E-state index contributed by atoms with van der Waals surface area (Å²) < 4.78 is 0. The number of carbonyl (C=O) groups is 15. The van der Waals surface area contributed by atoms with Gasteiger partial charge in [-0.3, -0.25) is 72.1 Å². The number of unbranched alkanes of at least 4 members (excludes halogenated alkanes) is 2. The average molecular weight is 1620 g/mol. The first kappa shape index (κ1) is 98.3. The number of carboxylic acids is 1. The van der Waals surface area contributed by atoms with E-state index in [1.807, 2.05) is 0 Å². The average Bonchev–Trinajstić information content (AvgIpc) is 1.63. The Labute approximate surface area is 663 Å². The van der Waals surface area contributed by atoms with Crippen molar-refractivity contribution in [1.29, 1.82) is 0 Å². The lowest BCUT2D eigenvalue weighted by Crippen LogP contribution is -2.63. The Bertz CT molecular complexity index is 3430. The largest absolute Gasteiger partial charge is 0.508 e. The highest BCUT2D eigenvalue weighted by Crippen LogP contribution is 2.24.